The molecule has 2 bridgehead atoms. The molecule has 3 rings (SSSR count). The molecule has 3 saturated heterocycles. The minimum atomic E-state index is 0.532. The monoisotopic (exact) mass is 218 g/mol. The van der Waals surface area contributed by atoms with Crippen molar-refractivity contribution in [1.82, 2.24) is 4.90 Å². The SMILES string of the molecule is C=CC1CC2CCN(CC2)C1/C=C\CC=N. The van der Waals surface area contributed by atoms with Crippen LogP contribution in [0.25, 0.3) is 0 Å². The molecule has 3 heterocycles. The zero-order valence-corrected chi connectivity index (χ0v) is 9.94. The lowest BCUT2D eigenvalue weighted by molar-refractivity contribution is 0.185. The molecule has 2 heteroatoms. The number of hydrogen-bond acceptors (Lipinski definition) is 2. The zero-order chi connectivity index (χ0) is 11.4. The minimum Gasteiger partial charge on any atom is -0.313 e. The Kier molecular flexibility index (Phi) is 3.94. The summed E-state index contributed by atoms with van der Waals surface area (Å²) in [6, 6.07) is 0.532. The Morgan fingerprint density at radius 1 is 1.31 bits per heavy atom. The van der Waals surface area contributed by atoms with Gasteiger partial charge in [-0.3, -0.25) is 4.90 Å². The summed E-state index contributed by atoms with van der Waals surface area (Å²) in [5.74, 6) is 1.53. The maximum atomic E-state index is 7.05. The third-order valence-electron chi connectivity index (χ3n) is 4.00. The van der Waals surface area contributed by atoms with Gasteiger partial charge < -0.3 is 5.41 Å². The molecule has 1 N–H and O–H groups in total. The van der Waals surface area contributed by atoms with E-state index >= 15 is 0 Å². The Hall–Kier alpha value is -0.890. The van der Waals surface area contributed by atoms with Gasteiger partial charge in [0.05, 0.1) is 0 Å². The second-order valence-corrected chi connectivity index (χ2v) is 4.97. The van der Waals surface area contributed by atoms with Crippen molar-refractivity contribution in [1.29, 1.82) is 5.41 Å². The Bertz CT molecular complexity index is 274. The van der Waals surface area contributed by atoms with Gasteiger partial charge in [-0.05, 0) is 50.4 Å². The highest BCUT2D eigenvalue weighted by Crippen LogP contribution is 2.35. The first kappa shape index (κ1) is 11.6. The van der Waals surface area contributed by atoms with E-state index < -0.39 is 0 Å². The molecule has 16 heavy (non-hydrogen) atoms. The number of allylic oxidation sites excluding steroid dienone is 1. The molecule has 3 aliphatic heterocycles. The van der Waals surface area contributed by atoms with Gasteiger partial charge in [-0.15, -0.1) is 6.58 Å². The molecule has 0 aromatic rings. The summed E-state index contributed by atoms with van der Waals surface area (Å²) in [4.78, 5) is 2.59. The third-order valence-corrected chi connectivity index (χ3v) is 4.00. The predicted molar refractivity (Wildman–Crippen MR) is 68.9 cm³/mol. The highest BCUT2D eigenvalue weighted by Gasteiger charge is 2.33. The van der Waals surface area contributed by atoms with Crippen LogP contribution in [0, 0.1) is 17.2 Å². The molecule has 0 amide bonds. The minimum absolute atomic E-state index is 0.532. The van der Waals surface area contributed by atoms with Gasteiger partial charge in [0.25, 0.3) is 0 Å². The van der Waals surface area contributed by atoms with E-state index in [1.165, 1.54) is 38.6 Å². The summed E-state index contributed by atoms with van der Waals surface area (Å²) >= 11 is 0. The molecule has 0 aromatic carbocycles. The van der Waals surface area contributed by atoms with E-state index in [4.69, 9.17) is 5.41 Å². The van der Waals surface area contributed by atoms with E-state index in [2.05, 4.69) is 29.7 Å². The Labute approximate surface area is 98.5 Å². The second kappa shape index (κ2) is 5.44. The first-order valence-electron chi connectivity index (χ1n) is 6.37. The molecule has 88 valence electrons. The molecule has 2 unspecified atom stereocenters. The Morgan fingerprint density at radius 2 is 2.06 bits per heavy atom. The molecule has 0 aliphatic carbocycles. The van der Waals surface area contributed by atoms with Gasteiger partial charge >= 0.3 is 0 Å². The smallest absolute Gasteiger partial charge is 0.0341 e. The lowest BCUT2D eigenvalue weighted by atomic mass is 9.88. The topological polar surface area (TPSA) is 27.1 Å². The lowest BCUT2D eigenvalue weighted by Gasteiger charge is -2.32. The number of nitrogens with zero attached hydrogens (tertiary/aromatic N) is 1. The first-order valence-corrected chi connectivity index (χ1v) is 6.37. The maximum Gasteiger partial charge on any atom is 0.0341 e. The summed E-state index contributed by atoms with van der Waals surface area (Å²) in [5, 5.41) is 7.05. The van der Waals surface area contributed by atoms with E-state index in [0.29, 0.717) is 12.0 Å². The molecule has 3 aliphatic rings. The summed E-state index contributed by atoms with van der Waals surface area (Å²) in [6.07, 6.45) is 12.8. The van der Waals surface area contributed by atoms with Gasteiger partial charge in [0.15, 0.2) is 0 Å². The lowest BCUT2D eigenvalue weighted by Crippen LogP contribution is -2.39. The van der Waals surface area contributed by atoms with E-state index in [9.17, 15) is 0 Å². The van der Waals surface area contributed by atoms with Crippen LogP contribution in [0.2, 0.25) is 0 Å². The van der Waals surface area contributed by atoms with Gasteiger partial charge in [-0.2, -0.15) is 0 Å². The molecule has 0 saturated carbocycles. The molecule has 3 fully saturated rings. The van der Waals surface area contributed by atoms with Crippen LogP contribution >= 0.6 is 0 Å². The fourth-order valence-electron chi connectivity index (χ4n) is 3.07. The van der Waals surface area contributed by atoms with Crippen LogP contribution in [0.4, 0.5) is 0 Å². The molecular weight excluding hydrogens is 196 g/mol. The van der Waals surface area contributed by atoms with Crippen LogP contribution in [-0.4, -0.2) is 30.2 Å². The van der Waals surface area contributed by atoms with Crippen LogP contribution in [0.1, 0.15) is 25.7 Å². The van der Waals surface area contributed by atoms with E-state index in [1.54, 1.807) is 0 Å². The fraction of sp³-hybridized carbons (Fsp3) is 0.643. The highest BCUT2D eigenvalue weighted by atomic mass is 15.2. The number of hydrogen-bond donors (Lipinski definition) is 1. The van der Waals surface area contributed by atoms with Crippen molar-refractivity contribution in [3.05, 3.63) is 24.8 Å². The van der Waals surface area contributed by atoms with Crippen molar-refractivity contribution in [3.63, 3.8) is 0 Å². The van der Waals surface area contributed by atoms with Gasteiger partial charge in [0.1, 0.15) is 0 Å². The molecule has 0 aromatic heterocycles. The predicted octanol–water partition coefficient (Wildman–Crippen LogP) is 2.87. The van der Waals surface area contributed by atoms with Gasteiger partial charge in [-0.25, -0.2) is 0 Å². The van der Waals surface area contributed by atoms with Gasteiger partial charge in [-0.1, -0.05) is 18.2 Å². The maximum absolute atomic E-state index is 7.05. The Morgan fingerprint density at radius 3 is 2.69 bits per heavy atom. The van der Waals surface area contributed by atoms with Crippen molar-refractivity contribution in [2.45, 2.75) is 31.7 Å². The van der Waals surface area contributed by atoms with Crippen LogP contribution in [0.3, 0.4) is 0 Å². The van der Waals surface area contributed by atoms with Gasteiger partial charge in [0.2, 0.25) is 0 Å². The number of rotatable bonds is 4. The zero-order valence-electron chi connectivity index (χ0n) is 9.94. The summed E-state index contributed by atoms with van der Waals surface area (Å²) in [6.45, 7) is 6.49. The van der Waals surface area contributed by atoms with Crippen LogP contribution in [0.15, 0.2) is 24.8 Å². The van der Waals surface area contributed by atoms with Crippen molar-refractivity contribution >= 4 is 6.21 Å². The quantitative estimate of drug-likeness (QED) is 0.570. The third kappa shape index (κ3) is 2.43. The molecule has 0 spiro atoms. The molecule has 2 nitrogen and oxygen atoms in total. The highest BCUT2D eigenvalue weighted by molar-refractivity contribution is 5.55. The van der Waals surface area contributed by atoms with Crippen molar-refractivity contribution in [2.75, 3.05) is 13.1 Å². The second-order valence-electron chi connectivity index (χ2n) is 4.97. The number of fused-ring (bicyclic) bond motifs is 4. The number of nitrogens with one attached hydrogen (secondary N) is 1. The average molecular weight is 218 g/mol. The fourth-order valence-corrected chi connectivity index (χ4v) is 3.07. The molecule has 2 atom stereocenters. The summed E-state index contributed by atoms with van der Waals surface area (Å²) in [5.41, 5.74) is 0. The summed E-state index contributed by atoms with van der Waals surface area (Å²) in [7, 11) is 0. The van der Waals surface area contributed by atoms with Crippen molar-refractivity contribution < 1.29 is 0 Å². The first-order chi connectivity index (χ1) is 7.85. The number of piperidine rings is 1. The summed E-state index contributed by atoms with van der Waals surface area (Å²) < 4.78 is 0. The van der Waals surface area contributed by atoms with Crippen LogP contribution in [-0.2, 0) is 0 Å². The van der Waals surface area contributed by atoms with E-state index in [1.807, 2.05) is 0 Å². The standard InChI is InChI=1S/C14H22N2/c1-2-13-11-12-6-9-16(10-7-12)14(13)5-3-4-8-15/h2-3,5,8,12-15H,1,4,6-7,9-11H2/b5-3-,15-8?. The molecular formula is C14H22N2. The van der Waals surface area contributed by atoms with Crippen molar-refractivity contribution in [3.8, 4) is 0 Å². The van der Waals surface area contributed by atoms with Crippen LogP contribution in [0.5, 0.6) is 0 Å². The van der Waals surface area contributed by atoms with E-state index in [-0.39, 0.29) is 0 Å². The Balaban J connectivity index is 2.10. The van der Waals surface area contributed by atoms with E-state index in [0.717, 1.165) is 12.3 Å². The largest absolute Gasteiger partial charge is 0.313 e. The molecule has 0 radical (unpaired) electrons. The average Bonchev–Trinajstić information content (AvgIpc) is 2.59. The van der Waals surface area contributed by atoms with Crippen molar-refractivity contribution in [2.24, 2.45) is 11.8 Å². The van der Waals surface area contributed by atoms with Crippen LogP contribution < -0.4 is 0 Å². The van der Waals surface area contributed by atoms with Gasteiger partial charge in [0, 0.05) is 12.5 Å². The normalized spacial score (nSPS) is 38.5.